The van der Waals surface area contributed by atoms with E-state index in [2.05, 4.69) is 48.5 Å². The normalized spacial score (nSPS) is 14.8. The monoisotopic (exact) mass is 842 g/mol. The number of hydrogen-bond donors (Lipinski definition) is 4. The van der Waals surface area contributed by atoms with Crippen molar-refractivity contribution in [3.05, 3.63) is 107 Å². The molecule has 3 heterocycles. The summed E-state index contributed by atoms with van der Waals surface area (Å²) < 4.78 is 5.19. The molecule has 6 rings (SSSR count). The maximum Gasteiger partial charge on any atom is 0.261 e. The van der Waals surface area contributed by atoms with Gasteiger partial charge in [-0.3, -0.25) is 34.8 Å². The van der Waals surface area contributed by atoms with Crippen molar-refractivity contribution < 1.29 is 23.9 Å². The fourth-order valence-electron chi connectivity index (χ4n) is 6.55. The first-order valence-electron chi connectivity index (χ1n) is 21.0. The summed E-state index contributed by atoms with van der Waals surface area (Å²) in [6, 6.07) is 22.1. The molecule has 4 amide bonds. The van der Waals surface area contributed by atoms with Crippen LogP contribution in [0.1, 0.15) is 86.0 Å². The fourth-order valence-corrected chi connectivity index (χ4v) is 6.67. The Bertz CT molecular complexity index is 2030. The standard InChI is InChI=1S/C25H34ClN5O4.C16H13NO2.C4H10.C2H6/c1-2-7-20(24(34)29-28-19-11-9-18(26)10-12-19)27-25(35)21-8-6-17-31(21)23(33)14-13-22(32)30-15-4-3-5-16-30;1-19-12-7-8-13-15(9-12)17-14(10-16(13)18)11-5-3-2-4-6-11;1-4(2)3;1-2/h2,9-12,20-21,28H,1,3-8,13-17H2,(H,27,35)(H,29,34);2-10H,1H3,(H,17,18);4H,1-3H3;1-2H3/t20-,21+;;;/m1.../s1. The molecule has 0 bridgehead atoms. The van der Waals surface area contributed by atoms with E-state index in [0.717, 1.165) is 60.8 Å². The number of aromatic nitrogens is 1. The van der Waals surface area contributed by atoms with Crippen LogP contribution < -0.4 is 26.3 Å². The molecular formula is C47H63ClN6O6. The quantitative estimate of drug-likeness (QED) is 0.0824. The van der Waals surface area contributed by atoms with Crippen molar-refractivity contribution in [2.45, 2.75) is 98.1 Å². The molecule has 60 heavy (non-hydrogen) atoms. The molecule has 4 N–H and O–H groups in total. The van der Waals surface area contributed by atoms with E-state index in [0.29, 0.717) is 35.5 Å². The summed E-state index contributed by atoms with van der Waals surface area (Å²) in [7, 11) is 1.61. The first kappa shape index (κ1) is 48.7. The van der Waals surface area contributed by atoms with E-state index in [-0.39, 0.29) is 42.4 Å². The van der Waals surface area contributed by atoms with Gasteiger partial charge >= 0.3 is 0 Å². The van der Waals surface area contributed by atoms with Gasteiger partial charge in [0.15, 0.2) is 5.43 Å². The Hall–Kier alpha value is -5.62. The van der Waals surface area contributed by atoms with Gasteiger partial charge in [0.05, 0.1) is 18.3 Å². The molecule has 0 unspecified atom stereocenters. The highest BCUT2D eigenvalue weighted by atomic mass is 35.5. The van der Waals surface area contributed by atoms with Gasteiger partial charge < -0.3 is 24.8 Å². The molecule has 12 nitrogen and oxygen atoms in total. The lowest BCUT2D eigenvalue weighted by atomic mass is 10.1. The molecule has 13 heteroatoms. The number of likely N-dealkylation sites (tertiary alicyclic amines) is 2. The average molecular weight is 844 g/mol. The third kappa shape index (κ3) is 15.5. The molecular weight excluding hydrogens is 780 g/mol. The van der Waals surface area contributed by atoms with Crippen molar-refractivity contribution in [1.82, 2.24) is 25.5 Å². The van der Waals surface area contributed by atoms with Gasteiger partial charge in [0.1, 0.15) is 17.8 Å². The van der Waals surface area contributed by atoms with Gasteiger partial charge in [0.2, 0.25) is 17.7 Å². The summed E-state index contributed by atoms with van der Waals surface area (Å²) in [5.41, 5.74) is 8.60. The minimum Gasteiger partial charge on any atom is -0.497 e. The Balaban J connectivity index is 0.000000320. The molecule has 4 aromatic rings. The Morgan fingerprint density at radius 1 is 0.883 bits per heavy atom. The van der Waals surface area contributed by atoms with Gasteiger partial charge in [-0.25, -0.2) is 0 Å². The smallest absolute Gasteiger partial charge is 0.261 e. The zero-order chi connectivity index (χ0) is 44.0. The third-order valence-corrected chi connectivity index (χ3v) is 9.72. The number of aromatic amines is 1. The molecule has 324 valence electrons. The summed E-state index contributed by atoms with van der Waals surface area (Å²) in [4.78, 5) is 69.7. The maximum atomic E-state index is 13.0. The Morgan fingerprint density at radius 2 is 1.53 bits per heavy atom. The third-order valence-electron chi connectivity index (χ3n) is 9.47. The highest BCUT2D eigenvalue weighted by Crippen LogP contribution is 2.22. The summed E-state index contributed by atoms with van der Waals surface area (Å²) in [6.07, 6.45) is 6.37. The number of H-pyrrole nitrogens is 1. The van der Waals surface area contributed by atoms with Crippen LogP contribution in [0.3, 0.4) is 0 Å². The summed E-state index contributed by atoms with van der Waals surface area (Å²) in [5, 5.41) is 4.00. The SMILES string of the molecule is C=CC[C@@H](NC(=O)[C@@H]1CCCN1C(=O)CCC(=O)N1CCCCC1)C(=O)NNc1ccc(Cl)cc1.CC.CC(C)C.COc1ccc2c(=O)cc(-c3ccccc3)[nH]c2c1. The van der Waals surface area contributed by atoms with E-state index in [1.807, 2.05) is 55.1 Å². The molecule has 1 aromatic heterocycles. The second kappa shape index (κ2) is 25.8. The van der Waals surface area contributed by atoms with E-state index in [4.69, 9.17) is 16.3 Å². The number of pyridine rings is 1. The summed E-state index contributed by atoms with van der Waals surface area (Å²) >= 11 is 5.87. The molecule has 0 radical (unpaired) electrons. The Labute approximate surface area is 360 Å². The van der Waals surface area contributed by atoms with Gasteiger partial charge in [0.25, 0.3) is 5.91 Å². The molecule has 2 aliphatic heterocycles. The predicted molar refractivity (Wildman–Crippen MR) is 243 cm³/mol. The Kier molecular flexibility index (Phi) is 20.9. The summed E-state index contributed by atoms with van der Waals surface area (Å²) in [5.74, 6) is 0.535. The van der Waals surface area contributed by atoms with Gasteiger partial charge in [-0.15, -0.1) is 6.58 Å². The number of rotatable bonds is 12. The van der Waals surface area contributed by atoms with Gasteiger partial charge in [-0.05, 0) is 86.4 Å². The van der Waals surface area contributed by atoms with Crippen LogP contribution in [0.15, 0.2) is 96.3 Å². The van der Waals surface area contributed by atoms with Crippen molar-refractivity contribution in [2.75, 3.05) is 32.2 Å². The second-order valence-electron chi connectivity index (χ2n) is 15.0. The number of hydrogen-bond acceptors (Lipinski definition) is 7. The molecule has 2 aliphatic rings. The van der Waals surface area contributed by atoms with Crippen molar-refractivity contribution in [3.63, 3.8) is 0 Å². The number of piperidine rings is 1. The molecule has 2 atom stereocenters. The van der Waals surface area contributed by atoms with Crippen molar-refractivity contribution in [3.8, 4) is 17.0 Å². The fraction of sp³-hybridized carbons (Fsp3) is 0.426. The zero-order valence-corrected chi connectivity index (χ0v) is 36.8. The molecule has 3 aromatic carbocycles. The number of nitrogens with zero attached hydrogens (tertiary/aromatic N) is 2. The molecule has 0 aliphatic carbocycles. The predicted octanol–water partition coefficient (Wildman–Crippen LogP) is 8.52. The topological polar surface area (TPSA) is 153 Å². The lowest BCUT2D eigenvalue weighted by molar-refractivity contribution is -0.141. The van der Waals surface area contributed by atoms with Crippen LogP contribution in [0.2, 0.25) is 5.02 Å². The first-order chi connectivity index (χ1) is 28.9. The van der Waals surface area contributed by atoms with E-state index in [1.54, 1.807) is 55.7 Å². The summed E-state index contributed by atoms with van der Waals surface area (Å²) in [6.45, 7) is 16.1. The van der Waals surface area contributed by atoms with Crippen LogP contribution in [-0.2, 0) is 19.2 Å². The molecule has 0 saturated carbocycles. The van der Waals surface area contributed by atoms with Crippen LogP contribution in [0.4, 0.5) is 5.69 Å². The van der Waals surface area contributed by atoms with Crippen LogP contribution >= 0.6 is 11.6 Å². The van der Waals surface area contributed by atoms with Crippen LogP contribution in [0.25, 0.3) is 22.2 Å². The molecule has 2 fully saturated rings. The first-order valence-corrected chi connectivity index (χ1v) is 21.3. The Morgan fingerprint density at radius 3 is 2.17 bits per heavy atom. The number of halogens is 1. The van der Waals surface area contributed by atoms with E-state index in [1.165, 1.54) is 4.90 Å². The number of benzene rings is 3. The number of anilines is 1. The maximum absolute atomic E-state index is 13.0. The highest BCUT2D eigenvalue weighted by Gasteiger charge is 2.36. The lowest BCUT2D eigenvalue weighted by Gasteiger charge is -2.28. The van der Waals surface area contributed by atoms with Crippen molar-refractivity contribution in [1.29, 1.82) is 0 Å². The average Bonchev–Trinajstić information content (AvgIpc) is 3.77. The lowest BCUT2D eigenvalue weighted by Crippen LogP contribution is -2.53. The number of fused-ring (bicyclic) bond motifs is 1. The number of ether oxygens (including phenoxy) is 1. The number of amides is 4. The number of carbonyl (C=O) groups is 4. The van der Waals surface area contributed by atoms with Crippen molar-refractivity contribution in [2.24, 2.45) is 5.92 Å². The highest BCUT2D eigenvalue weighted by molar-refractivity contribution is 6.30. The van der Waals surface area contributed by atoms with Crippen molar-refractivity contribution >= 4 is 51.8 Å². The second-order valence-corrected chi connectivity index (χ2v) is 15.4. The van der Waals surface area contributed by atoms with Gasteiger partial charge in [-0.2, -0.15) is 0 Å². The van der Waals surface area contributed by atoms with E-state index in [9.17, 15) is 24.0 Å². The number of nitrogens with one attached hydrogen (secondary N) is 4. The minimum absolute atomic E-state index is 0.00541. The van der Waals surface area contributed by atoms with Crippen LogP contribution in [-0.4, -0.2) is 77.2 Å². The van der Waals surface area contributed by atoms with Gasteiger partial charge in [-0.1, -0.05) is 82.6 Å². The van der Waals surface area contributed by atoms with Crippen LogP contribution in [0, 0.1) is 5.92 Å². The van der Waals surface area contributed by atoms with E-state index < -0.39 is 18.0 Å². The van der Waals surface area contributed by atoms with Crippen LogP contribution in [0.5, 0.6) is 5.75 Å². The van der Waals surface area contributed by atoms with E-state index >= 15 is 0 Å². The minimum atomic E-state index is -0.849. The number of methoxy groups -OCH3 is 1. The van der Waals surface area contributed by atoms with Gasteiger partial charge in [0, 0.05) is 60.7 Å². The number of hydrazine groups is 1. The zero-order valence-electron chi connectivity index (χ0n) is 36.0. The largest absolute Gasteiger partial charge is 0.497 e. The molecule has 2 saturated heterocycles. The number of carbonyl (C=O) groups excluding carboxylic acids is 4. The molecule has 0 spiro atoms.